The molecule has 1 N–H and O–H groups in total. The molecule has 1 aliphatic carbocycles. The number of rotatable bonds is 6. The maximum atomic E-state index is 12.7. The first kappa shape index (κ1) is 16.5. The molecule has 0 saturated carbocycles. The van der Waals surface area contributed by atoms with Crippen molar-refractivity contribution in [1.82, 2.24) is 5.32 Å². The zero-order chi connectivity index (χ0) is 15.4. The van der Waals surface area contributed by atoms with Crippen molar-refractivity contribution in [3.05, 3.63) is 29.3 Å². The molecule has 0 heterocycles. The zero-order valence-corrected chi connectivity index (χ0v) is 14.3. The summed E-state index contributed by atoms with van der Waals surface area (Å²) in [7, 11) is 0.886. The molecule has 0 saturated heterocycles. The van der Waals surface area contributed by atoms with Gasteiger partial charge in [0, 0.05) is 22.1 Å². The van der Waals surface area contributed by atoms with E-state index in [1.807, 2.05) is 19.9 Å². The third kappa shape index (κ3) is 3.67. The van der Waals surface area contributed by atoms with Crippen molar-refractivity contribution in [3.63, 3.8) is 0 Å². The summed E-state index contributed by atoms with van der Waals surface area (Å²) in [5.41, 5.74) is 2.63. The second-order valence-corrected chi connectivity index (χ2v) is 8.16. The van der Waals surface area contributed by atoms with Gasteiger partial charge in [-0.2, -0.15) is 0 Å². The normalized spacial score (nSPS) is 22.9. The van der Waals surface area contributed by atoms with Crippen LogP contribution in [0.3, 0.4) is 0 Å². The van der Waals surface area contributed by atoms with Gasteiger partial charge in [-0.25, -0.2) is 0 Å². The summed E-state index contributed by atoms with van der Waals surface area (Å²) in [6, 6.07) is 6.47. The Morgan fingerprint density at radius 3 is 2.81 bits per heavy atom. The lowest BCUT2D eigenvalue weighted by molar-refractivity contribution is 0.409. The maximum Gasteiger partial charge on any atom is 0.119 e. The van der Waals surface area contributed by atoms with Gasteiger partial charge in [-0.3, -0.25) is 4.21 Å². The Morgan fingerprint density at radius 1 is 1.43 bits per heavy atom. The second-order valence-electron chi connectivity index (χ2n) is 5.95. The Kier molecular flexibility index (Phi) is 5.82. The Hall–Kier alpha value is -0.870. The van der Waals surface area contributed by atoms with Gasteiger partial charge >= 0.3 is 0 Å². The number of hydrogen-bond donors (Lipinski definition) is 1. The van der Waals surface area contributed by atoms with Crippen LogP contribution in [0.2, 0.25) is 0 Å². The van der Waals surface area contributed by atoms with Crippen molar-refractivity contribution in [1.29, 1.82) is 0 Å². The summed E-state index contributed by atoms with van der Waals surface area (Å²) < 4.78 is 18.0. The third-order valence-corrected chi connectivity index (χ3v) is 6.17. The standard InChI is InChI=1S/C17H27NO2S/c1-5-10-18-17-15-11-14(20-4)8-6-13(15)7-9-16(17)21(19)12(2)3/h6,8,11-12,16-18H,5,7,9-10H2,1-4H3. The molecule has 0 aliphatic heterocycles. The summed E-state index contributed by atoms with van der Waals surface area (Å²) in [6.45, 7) is 7.21. The molecular weight excluding hydrogens is 282 g/mol. The van der Waals surface area contributed by atoms with Gasteiger partial charge in [0.25, 0.3) is 0 Å². The van der Waals surface area contributed by atoms with Gasteiger partial charge in [0.15, 0.2) is 0 Å². The molecule has 1 aliphatic rings. The van der Waals surface area contributed by atoms with E-state index in [-0.39, 0.29) is 16.5 Å². The highest BCUT2D eigenvalue weighted by atomic mass is 32.2. The van der Waals surface area contributed by atoms with Crippen molar-refractivity contribution >= 4 is 10.8 Å². The number of aryl methyl sites for hydroxylation is 1. The van der Waals surface area contributed by atoms with Crippen molar-refractivity contribution in [2.75, 3.05) is 13.7 Å². The van der Waals surface area contributed by atoms with Gasteiger partial charge in [0.2, 0.25) is 0 Å². The Morgan fingerprint density at radius 2 is 2.19 bits per heavy atom. The van der Waals surface area contributed by atoms with Gasteiger partial charge in [0.05, 0.1) is 12.4 Å². The zero-order valence-electron chi connectivity index (χ0n) is 13.5. The summed E-state index contributed by atoms with van der Waals surface area (Å²) >= 11 is 0. The van der Waals surface area contributed by atoms with Gasteiger partial charge in [-0.15, -0.1) is 0 Å². The number of methoxy groups -OCH3 is 1. The Balaban J connectivity index is 2.35. The fourth-order valence-corrected chi connectivity index (χ4v) is 4.58. The molecule has 118 valence electrons. The van der Waals surface area contributed by atoms with E-state index in [1.165, 1.54) is 11.1 Å². The first-order chi connectivity index (χ1) is 10.1. The van der Waals surface area contributed by atoms with Crippen molar-refractivity contribution < 1.29 is 8.95 Å². The van der Waals surface area contributed by atoms with Crippen LogP contribution >= 0.6 is 0 Å². The molecule has 3 unspecified atom stereocenters. The second kappa shape index (κ2) is 7.41. The average molecular weight is 309 g/mol. The van der Waals surface area contributed by atoms with Crippen LogP contribution in [0.15, 0.2) is 18.2 Å². The van der Waals surface area contributed by atoms with Gasteiger partial charge in [-0.05, 0) is 49.1 Å². The smallest absolute Gasteiger partial charge is 0.119 e. The summed E-state index contributed by atoms with van der Waals surface area (Å²) in [4.78, 5) is 0. The summed E-state index contributed by atoms with van der Waals surface area (Å²) in [5, 5.41) is 4.01. The summed E-state index contributed by atoms with van der Waals surface area (Å²) in [5.74, 6) is 0.882. The molecule has 1 aromatic carbocycles. The van der Waals surface area contributed by atoms with E-state index in [0.717, 1.165) is 31.6 Å². The predicted octanol–water partition coefficient (Wildman–Crippen LogP) is 3.21. The number of fused-ring (bicyclic) bond motifs is 1. The molecular formula is C17H27NO2S. The van der Waals surface area contributed by atoms with E-state index in [9.17, 15) is 4.21 Å². The van der Waals surface area contributed by atoms with E-state index in [0.29, 0.717) is 0 Å². The molecule has 0 fully saturated rings. The first-order valence-electron chi connectivity index (χ1n) is 7.88. The lowest BCUT2D eigenvalue weighted by Gasteiger charge is -2.35. The molecule has 4 heteroatoms. The van der Waals surface area contributed by atoms with Crippen molar-refractivity contribution in [2.24, 2.45) is 0 Å². The van der Waals surface area contributed by atoms with E-state index in [4.69, 9.17) is 4.74 Å². The van der Waals surface area contributed by atoms with E-state index < -0.39 is 10.8 Å². The minimum absolute atomic E-state index is 0.173. The highest BCUT2D eigenvalue weighted by Crippen LogP contribution is 2.36. The van der Waals surface area contributed by atoms with Crippen LogP contribution in [0.4, 0.5) is 0 Å². The predicted molar refractivity (Wildman–Crippen MR) is 89.4 cm³/mol. The molecule has 21 heavy (non-hydrogen) atoms. The Bertz CT molecular complexity index is 502. The average Bonchev–Trinajstić information content (AvgIpc) is 2.50. The van der Waals surface area contributed by atoms with Gasteiger partial charge in [0.1, 0.15) is 5.75 Å². The van der Waals surface area contributed by atoms with Crippen LogP contribution in [-0.4, -0.2) is 28.4 Å². The molecule has 0 spiro atoms. The number of hydrogen-bond acceptors (Lipinski definition) is 3. The van der Waals surface area contributed by atoms with Crippen LogP contribution in [0.1, 0.15) is 50.8 Å². The Labute approximate surface area is 130 Å². The first-order valence-corrected chi connectivity index (χ1v) is 9.15. The molecule has 0 bridgehead atoms. The third-order valence-electron chi connectivity index (χ3n) is 4.14. The minimum atomic E-state index is -0.811. The van der Waals surface area contributed by atoms with E-state index >= 15 is 0 Å². The summed E-state index contributed by atoms with van der Waals surface area (Å²) in [6.07, 6.45) is 3.08. The maximum absolute atomic E-state index is 12.7. The molecule has 0 aromatic heterocycles. The number of nitrogens with one attached hydrogen (secondary N) is 1. The van der Waals surface area contributed by atoms with Crippen molar-refractivity contribution in [2.45, 2.75) is 56.6 Å². The topological polar surface area (TPSA) is 38.3 Å². The molecule has 3 atom stereocenters. The highest BCUT2D eigenvalue weighted by Gasteiger charge is 2.34. The van der Waals surface area contributed by atoms with Crippen LogP contribution < -0.4 is 10.1 Å². The van der Waals surface area contributed by atoms with Crippen molar-refractivity contribution in [3.8, 4) is 5.75 Å². The fraction of sp³-hybridized carbons (Fsp3) is 0.647. The van der Waals surface area contributed by atoms with Gasteiger partial charge < -0.3 is 10.1 Å². The monoisotopic (exact) mass is 309 g/mol. The SMILES string of the molecule is CCCNC1c2cc(OC)ccc2CCC1S(=O)C(C)C. The van der Waals surface area contributed by atoms with E-state index in [2.05, 4.69) is 24.4 Å². The van der Waals surface area contributed by atoms with Gasteiger partial charge in [-0.1, -0.05) is 26.8 Å². The molecule has 0 radical (unpaired) electrons. The largest absolute Gasteiger partial charge is 0.497 e. The lowest BCUT2D eigenvalue weighted by atomic mass is 9.87. The number of benzene rings is 1. The van der Waals surface area contributed by atoms with E-state index in [1.54, 1.807) is 7.11 Å². The minimum Gasteiger partial charge on any atom is -0.497 e. The molecule has 0 amide bonds. The quantitative estimate of drug-likeness (QED) is 0.877. The molecule has 1 aromatic rings. The van der Waals surface area contributed by atoms with Crippen LogP contribution in [-0.2, 0) is 17.2 Å². The van der Waals surface area contributed by atoms with Crippen LogP contribution in [0.25, 0.3) is 0 Å². The van der Waals surface area contributed by atoms with Crippen LogP contribution in [0.5, 0.6) is 5.75 Å². The van der Waals surface area contributed by atoms with Crippen LogP contribution in [0, 0.1) is 0 Å². The molecule has 2 rings (SSSR count). The number of ether oxygens (including phenoxy) is 1. The lowest BCUT2D eigenvalue weighted by Crippen LogP contribution is -2.40. The highest BCUT2D eigenvalue weighted by molar-refractivity contribution is 7.86. The fourth-order valence-electron chi connectivity index (χ4n) is 3.02. The molecule has 3 nitrogen and oxygen atoms in total.